The van der Waals surface area contributed by atoms with Crippen molar-refractivity contribution in [1.82, 2.24) is 0 Å². The molecule has 2 fully saturated rings. The molecule has 6 nitrogen and oxygen atoms in total. The van der Waals surface area contributed by atoms with Gasteiger partial charge in [0.15, 0.2) is 5.79 Å². The van der Waals surface area contributed by atoms with Crippen LogP contribution in [0.2, 0.25) is 0 Å². The second-order valence-corrected chi connectivity index (χ2v) is 8.07. The van der Waals surface area contributed by atoms with Crippen LogP contribution in [0, 0.1) is 0 Å². The predicted molar refractivity (Wildman–Crippen MR) is 106 cm³/mol. The molecule has 0 unspecified atom stereocenters. The van der Waals surface area contributed by atoms with E-state index in [1.807, 2.05) is 74.5 Å². The van der Waals surface area contributed by atoms with Crippen molar-refractivity contribution in [3.05, 3.63) is 71.8 Å². The number of hydrogen-bond donors (Lipinski definition) is 2. The van der Waals surface area contributed by atoms with Crippen LogP contribution in [0.1, 0.15) is 25.0 Å². The summed E-state index contributed by atoms with van der Waals surface area (Å²) >= 11 is 0. The molecule has 6 heteroatoms. The first kappa shape index (κ1) is 20.5. The lowest BCUT2D eigenvalue weighted by atomic mass is 9.84. The van der Waals surface area contributed by atoms with E-state index in [2.05, 4.69) is 0 Å². The average molecular weight is 400 g/mol. The molecule has 0 spiro atoms. The number of fused-ring (bicyclic) bond motifs is 1. The van der Waals surface area contributed by atoms with Crippen molar-refractivity contribution < 1.29 is 29.2 Å². The predicted octanol–water partition coefficient (Wildman–Crippen LogP) is 2.41. The molecule has 2 aromatic carbocycles. The standard InChI is InChI=1S/C23H28O6/c1-23(2)28-21-19(26-13-15-9-5-3-6-10-15)17(24)18(25)20(22(21)29-23)27-14-16-11-7-4-8-12-16/h3-12,17-22,24-25H,13-14H2,1-2H3/t17-,18+,19-,20-,21+,22+/m1/s1. The fraction of sp³-hybridized carbons (Fsp3) is 0.478. The largest absolute Gasteiger partial charge is 0.387 e. The van der Waals surface area contributed by atoms with Crippen LogP contribution < -0.4 is 0 Å². The maximum atomic E-state index is 10.8. The van der Waals surface area contributed by atoms with E-state index in [0.717, 1.165) is 11.1 Å². The molecule has 0 radical (unpaired) electrons. The van der Waals surface area contributed by atoms with Gasteiger partial charge in [-0.3, -0.25) is 0 Å². The van der Waals surface area contributed by atoms with Gasteiger partial charge < -0.3 is 29.2 Å². The Bertz CT molecular complexity index is 715. The summed E-state index contributed by atoms with van der Waals surface area (Å²) < 4.78 is 24.1. The highest BCUT2D eigenvalue weighted by Gasteiger charge is 2.58. The molecular weight excluding hydrogens is 372 g/mol. The van der Waals surface area contributed by atoms with Crippen LogP contribution in [0.3, 0.4) is 0 Å². The molecule has 2 aromatic rings. The van der Waals surface area contributed by atoms with Crippen LogP contribution in [-0.4, -0.2) is 52.6 Å². The number of benzene rings is 2. The third-order valence-electron chi connectivity index (χ3n) is 5.40. The molecule has 2 aliphatic rings. The van der Waals surface area contributed by atoms with Crippen LogP contribution >= 0.6 is 0 Å². The van der Waals surface area contributed by atoms with E-state index in [1.165, 1.54) is 0 Å². The number of ether oxygens (including phenoxy) is 4. The highest BCUT2D eigenvalue weighted by Crippen LogP contribution is 2.40. The molecule has 2 N–H and O–H groups in total. The first-order valence-electron chi connectivity index (χ1n) is 9.97. The van der Waals surface area contributed by atoms with E-state index in [0.29, 0.717) is 13.2 Å². The third kappa shape index (κ3) is 4.53. The molecule has 1 saturated carbocycles. The number of aliphatic hydroxyl groups excluding tert-OH is 2. The highest BCUT2D eigenvalue weighted by atomic mass is 16.8. The number of aliphatic hydroxyl groups is 2. The van der Waals surface area contributed by atoms with Gasteiger partial charge in [-0.25, -0.2) is 0 Å². The molecule has 6 atom stereocenters. The Morgan fingerprint density at radius 2 is 1.10 bits per heavy atom. The molecule has 29 heavy (non-hydrogen) atoms. The van der Waals surface area contributed by atoms with Crippen molar-refractivity contribution in [2.45, 2.75) is 69.5 Å². The molecule has 1 aliphatic carbocycles. The normalized spacial score (nSPS) is 33.4. The molecule has 0 amide bonds. The summed E-state index contributed by atoms with van der Waals surface area (Å²) in [5.74, 6) is -0.859. The van der Waals surface area contributed by atoms with E-state index >= 15 is 0 Å². The monoisotopic (exact) mass is 400 g/mol. The summed E-state index contributed by atoms with van der Waals surface area (Å²) in [5, 5.41) is 21.6. The number of hydrogen-bond acceptors (Lipinski definition) is 6. The minimum Gasteiger partial charge on any atom is -0.387 e. The summed E-state index contributed by atoms with van der Waals surface area (Å²) in [7, 11) is 0. The maximum Gasteiger partial charge on any atom is 0.164 e. The Labute approximate surface area is 171 Å². The molecule has 0 aromatic heterocycles. The molecular formula is C23H28O6. The average Bonchev–Trinajstić information content (AvgIpc) is 3.04. The van der Waals surface area contributed by atoms with Gasteiger partial charge in [0.1, 0.15) is 36.6 Å². The lowest BCUT2D eigenvalue weighted by molar-refractivity contribution is -0.223. The Balaban J connectivity index is 1.50. The van der Waals surface area contributed by atoms with E-state index in [4.69, 9.17) is 18.9 Å². The maximum absolute atomic E-state index is 10.8. The zero-order chi connectivity index (χ0) is 20.4. The van der Waals surface area contributed by atoms with E-state index < -0.39 is 42.4 Å². The molecule has 1 heterocycles. The highest BCUT2D eigenvalue weighted by molar-refractivity contribution is 5.15. The summed E-state index contributed by atoms with van der Waals surface area (Å²) in [6, 6.07) is 19.4. The van der Waals surface area contributed by atoms with E-state index in [9.17, 15) is 10.2 Å². The minimum absolute atomic E-state index is 0.303. The fourth-order valence-electron chi connectivity index (χ4n) is 4.02. The lowest BCUT2D eigenvalue weighted by Crippen LogP contribution is -2.63. The quantitative estimate of drug-likeness (QED) is 0.776. The van der Waals surface area contributed by atoms with Gasteiger partial charge in [0.25, 0.3) is 0 Å². The first-order valence-corrected chi connectivity index (χ1v) is 9.97. The Hall–Kier alpha value is -1.80. The van der Waals surface area contributed by atoms with Crippen molar-refractivity contribution >= 4 is 0 Å². The topological polar surface area (TPSA) is 77.4 Å². The van der Waals surface area contributed by atoms with Crippen molar-refractivity contribution in [2.24, 2.45) is 0 Å². The van der Waals surface area contributed by atoms with E-state index in [-0.39, 0.29) is 0 Å². The second kappa shape index (κ2) is 8.52. The van der Waals surface area contributed by atoms with Gasteiger partial charge >= 0.3 is 0 Å². The van der Waals surface area contributed by atoms with Crippen molar-refractivity contribution in [1.29, 1.82) is 0 Å². The number of rotatable bonds is 6. The van der Waals surface area contributed by atoms with Gasteiger partial charge in [-0.15, -0.1) is 0 Å². The van der Waals surface area contributed by atoms with Gasteiger partial charge in [-0.05, 0) is 25.0 Å². The van der Waals surface area contributed by atoms with Crippen LogP contribution in [-0.2, 0) is 32.2 Å². The summed E-state index contributed by atoms with van der Waals surface area (Å²) in [4.78, 5) is 0. The lowest BCUT2D eigenvalue weighted by Gasteiger charge is -2.43. The van der Waals surface area contributed by atoms with Crippen molar-refractivity contribution in [3.8, 4) is 0 Å². The van der Waals surface area contributed by atoms with Gasteiger partial charge in [0, 0.05) is 0 Å². The van der Waals surface area contributed by atoms with E-state index in [1.54, 1.807) is 0 Å². The zero-order valence-electron chi connectivity index (χ0n) is 16.7. The second-order valence-electron chi connectivity index (χ2n) is 8.07. The Kier molecular flexibility index (Phi) is 6.01. The molecule has 1 aliphatic heterocycles. The van der Waals surface area contributed by atoms with Crippen molar-refractivity contribution in [3.63, 3.8) is 0 Å². The van der Waals surface area contributed by atoms with Crippen molar-refractivity contribution in [2.75, 3.05) is 0 Å². The van der Waals surface area contributed by atoms with Crippen LogP contribution in [0.15, 0.2) is 60.7 Å². The zero-order valence-corrected chi connectivity index (χ0v) is 16.7. The smallest absolute Gasteiger partial charge is 0.164 e. The first-order chi connectivity index (χ1) is 13.9. The minimum atomic E-state index is -1.15. The molecule has 4 rings (SSSR count). The molecule has 1 saturated heterocycles. The van der Waals surface area contributed by atoms with Gasteiger partial charge in [-0.1, -0.05) is 60.7 Å². The SMILES string of the molecule is CC1(C)O[C@@H]2[C@@H](O1)[C@H](OCc1ccccc1)[C@@H](O)[C@@H](O)[C@H]2OCc1ccccc1. The van der Waals surface area contributed by atoms with Crippen LogP contribution in [0.5, 0.6) is 0 Å². The summed E-state index contributed by atoms with van der Waals surface area (Å²) in [6.07, 6.45) is -4.86. The molecule has 156 valence electrons. The summed E-state index contributed by atoms with van der Waals surface area (Å²) in [5.41, 5.74) is 1.96. The fourth-order valence-corrected chi connectivity index (χ4v) is 4.02. The Morgan fingerprint density at radius 3 is 1.48 bits per heavy atom. The van der Waals surface area contributed by atoms with Crippen LogP contribution in [0.25, 0.3) is 0 Å². The molecule has 0 bridgehead atoms. The van der Waals surface area contributed by atoms with Gasteiger partial charge in [0.2, 0.25) is 0 Å². The Morgan fingerprint density at radius 1 is 0.724 bits per heavy atom. The summed E-state index contributed by atoms with van der Waals surface area (Å²) in [6.45, 7) is 4.23. The van der Waals surface area contributed by atoms with Gasteiger partial charge in [0.05, 0.1) is 13.2 Å². The van der Waals surface area contributed by atoms with Crippen LogP contribution in [0.4, 0.5) is 0 Å². The third-order valence-corrected chi connectivity index (χ3v) is 5.40. The van der Waals surface area contributed by atoms with Gasteiger partial charge in [-0.2, -0.15) is 0 Å².